The molecular formula is C14H21F3N2O2. The van der Waals surface area contributed by atoms with Crippen LogP contribution in [-0.4, -0.2) is 40.5 Å². The highest BCUT2D eigenvalue weighted by Crippen LogP contribution is 2.45. The van der Waals surface area contributed by atoms with Crippen LogP contribution in [0.25, 0.3) is 0 Å². The summed E-state index contributed by atoms with van der Waals surface area (Å²) in [6.45, 7) is 4.79. The predicted octanol–water partition coefficient (Wildman–Crippen LogP) is 2.23. The molecule has 2 rings (SSSR count). The van der Waals surface area contributed by atoms with Crippen LogP contribution in [0.15, 0.2) is 0 Å². The van der Waals surface area contributed by atoms with Gasteiger partial charge in [0.25, 0.3) is 0 Å². The summed E-state index contributed by atoms with van der Waals surface area (Å²) in [5, 5.41) is 2.70. The number of nitrogens with zero attached hydrogens (tertiary/aromatic N) is 1. The lowest BCUT2D eigenvalue weighted by Gasteiger charge is -2.49. The lowest BCUT2D eigenvalue weighted by atomic mass is 9.84. The molecule has 4 nitrogen and oxygen atoms in total. The number of hydrogen-bond acceptors (Lipinski definition) is 2. The Hall–Kier alpha value is -1.27. The number of carbonyl (C=O) groups excluding carboxylic acids is 2. The van der Waals surface area contributed by atoms with E-state index in [0.717, 1.165) is 12.8 Å². The van der Waals surface area contributed by atoms with Crippen LogP contribution in [0.3, 0.4) is 0 Å². The Kier molecular flexibility index (Phi) is 3.74. The molecule has 2 fully saturated rings. The zero-order valence-corrected chi connectivity index (χ0v) is 12.5. The van der Waals surface area contributed by atoms with E-state index >= 15 is 0 Å². The number of alkyl halides is 3. The molecule has 1 N–H and O–H groups in total. The maximum atomic E-state index is 12.5. The summed E-state index contributed by atoms with van der Waals surface area (Å²) in [4.78, 5) is 26.3. The summed E-state index contributed by atoms with van der Waals surface area (Å²) in [5.74, 6) is -0.524. The van der Waals surface area contributed by atoms with E-state index < -0.39 is 23.7 Å². The van der Waals surface area contributed by atoms with Crippen molar-refractivity contribution in [3.8, 4) is 0 Å². The molecule has 1 aliphatic heterocycles. The topological polar surface area (TPSA) is 49.4 Å². The van der Waals surface area contributed by atoms with E-state index in [1.165, 1.54) is 4.90 Å². The van der Waals surface area contributed by atoms with Crippen LogP contribution < -0.4 is 5.32 Å². The van der Waals surface area contributed by atoms with Gasteiger partial charge in [0.15, 0.2) is 0 Å². The molecule has 0 aromatic rings. The highest BCUT2D eigenvalue weighted by Gasteiger charge is 2.58. The van der Waals surface area contributed by atoms with Gasteiger partial charge in [0, 0.05) is 13.0 Å². The smallest absolute Gasteiger partial charge is 0.340 e. The number of amides is 2. The Balaban J connectivity index is 2.18. The first-order valence-electron chi connectivity index (χ1n) is 7.20. The van der Waals surface area contributed by atoms with E-state index in [0.29, 0.717) is 0 Å². The molecule has 1 saturated heterocycles. The van der Waals surface area contributed by atoms with E-state index in [1.54, 1.807) is 20.8 Å². The lowest BCUT2D eigenvalue weighted by Crippen LogP contribution is -2.74. The summed E-state index contributed by atoms with van der Waals surface area (Å²) in [6, 6.07) is 0. The molecule has 0 aromatic heterocycles. The Morgan fingerprint density at radius 3 is 2.29 bits per heavy atom. The van der Waals surface area contributed by atoms with Crippen molar-refractivity contribution in [1.82, 2.24) is 10.2 Å². The molecule has 2 amide bonds. The fourth-order valence-electron chi connectivity index (χ4n) is 2.96. The van der Waals surface area contributed by atoms with Crippen molar-refractivity contribution in [1.29, 1.82) is 0 Å². The number of rotatable bonds is 4. The second kappa shape index (κ2) is 4.88. The zero-order chi connectivity index (χ0) is 16.1. The quantitative estimate of drug-likeness (QED) is 0.866. The average Bonchev–Trinajstić information content (AvgIpc) is 3.13. The molecule has 0 aromatic carbocycles. The fraction of sp³-hybridized carbons (Fsp3) is 0.857. The van der Waals surface area contributed by atoms with Crippen LogP contribution >= 0.6 is 0 Å². The van der Waals surface area contributed by atoms with Crippen molar-refractivity contribution in [2.45, 2.75) is 63.7 Å². The van der Waals surface area contributed by atoms with Crippen LogP contribution in [0.1, 0.15) is 46.5 Å². The van der Waals surface area contributed by atoms with E-state index in [1.807, 2.05) is 0 Å². The Bertz CT molecular complexity index is 458. The highest BCUT2D eigenvalue weighted by molar-refractivity contribution is 6.02. The van der Waals surface area contributed by atoms with Crippen molar-refractivity contribution in [3.63, 3.8) is 0 Å². The van der Waals surface area contributed by atoms with Crippen molar-refractivity contribution in [3.05, 3.63) is 0 Å². The maximum absolute atomic E-state index is 12.5. The third-order valence-electron chi connectivity index (χ3n) is 4.44. The summed E-state index contributed by atoms with van der Waals surface area (Å²) >= 11 is 0. The van der Waals surface area contributed by atoms with Gasteiger partial charge in [0.2, 0.25) is 11.8 Å². The van der Waals surface area contributed by atoms with Gasteiger partial charge in [-0.05, 0) is 46.0 Å². The fourth-order valence-corrected chi connectivity index (χ4v) is 2.96. The monoisotopic (exact) mass is 306 g/mol. The molecule has 2 aliphatic rings. The molecule has 1 saturated carbocycles. The molecule has 1 heterocycles. The van der Waals surface area contributed by atoms with Crippen molar-refractivity contribution >= 4 is 11.8 Å². The molecule has 0 spiro atoms. The SMILES string of the molecule is CC1(C)NC(=O)C(C)(C2CC2)N(CCCC(F)(F)F)C1=O. The van der Waals surface area contributed by atoms with Gasteiger partial charge in [-0.25, -0.2) is 0 Å². The average molecular weight is 306 g/mol. The van der Waals surface area contributed by atoms with Gasteiger partial charge in [-0.2, -0.15) is 13.2 Å². The predicted molar refractivity (Wildman–Crippen MR) is 70.4 cm³/mol. The highest BCUT2D eigenvalue weighted by atomic mass is 19.4. The Labute approximate surface area is 122 Å². The molecular weight excluding hydrogens is 285 g/mol. The molecule has 120 valence electrons. The van der Waals surface area contributed by atoms with E-state index in [-0.39, 0.29) is 30.7 Å². The van der Waals surface area contributed by atoms with Crippen molar-refractivity contribution in [2.24, 2.45) is 5.92 Å². The Morgan fingerprint density at radius 2 is 1.81 bits per heavy atom. The minimum Gasteiger partial charge on any atom is -0.340 e. The number of carbonyl (C=O) groups is 2. The summed E-state index contributed by atoms with van der Waals surface area (Å²) < 4.78 is 36.9. The van der Waals surface area contributed by atoms with E-state index in [9.17, 15) is 22.8 Å². The van der Waals surface area contributed by atoms with Crippen LogP contribution in [0.2, 0.25) is 0 Å². The molecule has 0 radical (unpaired) electrons. The molecule has 1 aliphatic carbocycles. The lowest BCUT2D eigenvalue weighted by molar-refractivity contribution is -0.164. The van der Waals surface area contributed by atoms with Gasteiger partial charge in [0.05, 0.1) is 0 Å². The van der Waals surface area contributed by atoms with Crippen LogP contribution in [0.4, 0.5) is 13.2 Å². The van der Waals surface area contributed by atoms with Gasteiger partial charge in [-0.15, -0.1) is 0 Å². The normalized spacial score (nSPS) is 29.5. The van der Waals surface area contributed by atoms with Crippen LogP contribution in [-0.2, 0) is 9.59 Å². The summed E-state index contributed by atoms with van der Waals surface area (Å²) in [7, 11) is 0. The summed E-state index contributed by atoms with van der Waals surface area (Å²) in [6.07, 6.45) is -3.71. The third kappa shape index (κ3) is 3.01. The standard InChI is InChI=1S/C14H21F3N2O2/c1-12(2)11(21)19(8-4-7-14(15,16)17)13(3,9-5-6-9)10(20)18-12/h9H,4-8H2,1-3H3,(H,18,20). The molecule has 1 atom stereocenters. The first kappa shape index (κ1) is 16.1. The van der Waals surface area contributed by atoms with E-state index in [4.69, 9.17) is 0 Å². The number of piperazine rings is 1. The minimum absolute atomic E-state index is 0.0395. The molecule has 0 bridgehead atoms. The van der Waals surface area contributed by atoms with Gasteiger partial charge in [-0.1, -0.05) is 0 Å². The largest absolute Gasteiger partial charge is 0.389 e. The molecule has 1 unspecified atom stereocenters. The number of halogens is 3. The Morgan fingerprint density at radius 1 is 1.24 bits per heavy atom. The molecule has 7 heteroatoms. The van der Waals surface area contributed by atoms with Gasteiger partial charge < -0.3 is 10.2 Å². The van der Waals surface area contributed by atoms with E-state index in [2.05, 4.69) is 5.32 Å². The van der Waals surface area contributed by atoms with Crippen LogP contribution in [0, 0.1) is 5.92 Å². The first-order valence-corrected chi connectivity index (χ1v) is 7.20. The maximum Gasteiger partial charge on any atom is 0.389 e. The number of nitrogens with one attached hydrogen (secondary N) is 1. The second-order valence-corrected chi connectivity index (χ2v) is 6.68. The zero-order valence-electron chi connectivity index (χ0n) is 12.5. The number of hydrogen-bond donors (Lipinski definition) is 1. The molecule has 21 heavy (non-hydrogen) atoms. The van der Waals surface area contributed by atoms with Crippen molar-refractivity contribution < 1.29 is 22.8 Å². The minimum atomic E-state index is -4.24. The van der Waals surface area contributed by atoms with Gasteiger partial charge in [0.1, 0.15) is 11.1 Å². The summed E-state index contributed by atoms with van der Waals surface area (Å²) in [5.41, 5.74) is -2.08. The third-order valence-corrected chi connectivity index (χ3v) is 4.44. The first-order chi connectivity index (χ1) is 9.48. The van der Waals surface area contributed by atoms with Gasteiger partial charge >= 0.3 is 6.18 Å². The van der Waals surface area contributed by atoms with Crippen LogP contribution in [0.5, 0.6) is 0 Å². The van der Waals surface area contributed by atoms with Crippen molar-refractivity contribution in [2.75, 3.05) is 6.54 Å². The second-order valence-electron chi connectivity index (χ2n) is 6.68. The van der Waals surface area contributed by atoms with Gasteiger partial charge in [-0.3, -0.25) is 9.59 Å².